The number of methoxy groups -OCH3 is 1. The van der Waals surface area contributed by atoms with E-state index in [2.05, 4.69) is 0 Å². The SMILES string of the molecule is COc1cc([N+](=O)[O-])ccc1N1C(=O)[C@@H]2[C@H](C1=O)[C@@]1(c3ccccc3)C(=O)[C@@]2(c2ccccc2)C(c2ccc3c(c2)OCO3)=C1c1ccc2c(c1)OCO2. The number of allylic oxidation sites excluding steroid dienone is 2. The number of carbonyl (C=O) groups excluding carboxylic acids is 3. The van der Waals surface area contributed by atoms with E-state index in [-0.39, 0.29) is 36.5 Å². The predicted octanol–water partition coefficient (Wildman–Crippen LogP) is 6.25. The Hall–Kier alpha value is -6.95. The van der Waals surface area contributed by atoms with Gasteiger partial charge in [-0.15, -0.1) is 0 Å². The summed E-state index contributed by atoms with van der Waals surface area (Å²) < 4.78 is 28.6. The van der Waals surface area contributed by atoms with Crippen molar-refractivity contribution in [3.05, 3.63) is 148 Å². The fourth-order valence-corrected chi connectivity index (χ4v) is 9.43. The van der Waals surface area contributed by atoms with Crippen molar-refractivity contribution in [2.24, 2.45) is 11.8 Å². The van der Waals surface area contributed by atoms with Gasteiger partial charge in [-0.05, 0) is 63.7 Å². The van der Waals surface area contributed by atoms with Crippen LogP contribution in [0, 0.1) is 22.0 Å². The number of rotatable bonds is 7. The van der Waals surface area contributed by atoms with E-state index >= 15 is 14.4 Å². The first-order valence-corrected chi connectivity index (χ1v) is 17.2. The first kappa shape index (κ1) is 31.8. The van der Waals surface area contributed by atoms with Gasteiger partial charge in [0.05, 0.1) is 46.5 Å². The summed E-state index contributed by atoms with van der Waals surface area (Å²) >= 11 is 0. The highest BCUT2D eigenvalue weighted by Gasteiger charge is 2.83. The maximum atomic E-state index is 16.3. The smallest absolute Gasteiger partial charge is 0.273 e. The van der Waals surface area contributed by atoms with Crippen molar-refractivity contribution in [3.63, 3.8) is 0 Å². The van der Waals surface area contributed by atoms with E-state index in [4.69, 9.17) is 23.7 Å². The summed E-state index contributed by atoms with van der Waals surface area (Å²) in [6.07, 6.45) is 0. The molecule has 5 aromatic carbocycles. The Morgan fingerprint density at radius 1 is 0.648 bits per heavy atom. The molecular weight excluding hydrogens is 692 g/mol. The highest BCUT2D eigenvalue weighted by atomic mass is 16.7. The van der Waals surface area contributed by atoms with Crippen LogP contribution in [0.1, 0.15) is 22.3 Å². The molecule has 4 atom stereocenters. The number of nitrogens with zero attached hydrogens (tertiary/aromatic N) is 2. The number of Topliss-reactive ketones (excluding diaryl/α,β-unsaturated/α-hetero) is 1. The number of ether oxygens (including phenoxy) is 5. The summed E-state index contributed by atoms with van der Waals surface area (Å²) in [5.74, 6) is -2.08. The first-order chi connectivity index (χ1) is 26.3. The van der Waals surface area contributed by atoms with Crippen molar-refractivity contribution in [1.82, 2.24) is 0 Å². The minimum absolute atomic E-state index is 0.0211. The third-order valence-corrected chi connectivity index (χ3v) is 11.4. The summed E-state index contributed by atoms with van der Waals surface area (Å²) in [5, 5.41) is 11.7. The number of amides is 2. The second-order valence-corrected chi connectivity index (χ2v) is 13.6. The number of fused-ring (bicyclic) bond motifs is 7. The van der Waals surface area contributed by atoms with E-state index in [1.54, 1.807) is 12.1 Å². The minimum atomic E-state index is -1.71. The Labute approximate surface area is 307 Å². The van der Waals surface area contributed by atoms with E-state index < -0.39 is 39.4 Å². The van der Waals surface area contributed by atoms with E-state index in [0.717, 1.165) is 4.90 Å². The lowest BCUT2D eigenvalue weighted by atomic mass is 9.59. The fourth-order valence-electron chi connectivity index (χ4n) is 9.43. The van der Waals surface area contributed by atoms with Crippen LogP contribution in [-0.4, -0.2) is 43.2 Å². The molecule has 0 aromatic heterocycles. The number of imide groups is 1. The predicted molar refractivity (Wildman–Crippen MR) is 192 cm³/mol. The Bertz CT molecular complexity index is 2380. The van der Waals surface area contributed by atoms with Gasteiger partial charge < -0.3 is 23.7 Å². The average molecular weight is 721 g/mol. The molecule has 1 saturated heterocycles. The molecule has 0 unspecified atom stereocenters. The van der Waals surface area contributed by atoms with Gasteiger partial charge in [-0.2, -0.15) is 0 Å². The molecule has 2 amide bonds. The molecule has 266 valence electrons. The molecule has 12 nitrogen and oxygen atoms in total. The highest BCUT2D eigenvalue weighted by Crippen LogP contribution is 2.75. The Morgan fingerprint density at radius 2 is 1.13 bits per heavy atom. The second-order valence-electron chi connectivity index (χ2n) is 13.6. The number of carbonyl (C=O) groups is 3. The van der Waals surface area contributed by atoms with Crippen LogP contribution in [0.4, 0.5) is 11.4 Å². The number of benzene rings is 5. The fraction of sp³-hybridized carbons (Fsp3) is 0.167. The number of non-ortho nitro benzene ring substituents is 1. The normalized spacial score (nSPS) is 24.4. The summed E-state index contributed by atoms with van der Waals surface area (Å²) in [7, 11) is 1.32. The molecule has 0 radical (unpaired) electrons. The van der Waals surface area contributed by atoms with Crippen LogP contribution in [0.15, 0.2) is 115 Å². The van der Waals surface area contributed by atoms with Crippen molar-refractivity contribution < 1.29 is 43.0 Å². The van der Waals surface area contributed by atoms with Gasteiger partial charge >= 0.3 is 0 Å². The van der Waals surface area contributed by atoms with Gasteiger partial charge in [-0.25, -0.2) is 4.90 Å². The molecule has 12 heteroatoms. The quantitative estimate of drug-likeness (QED) is 0.108. The lowest BCUT2D eigenvalue weighted by Crippen LogP contribution is -2.45. The van der Waals surface area contributed by atoms with E-state index in [9.17, 15) is 10.1 Å². The first-order valence-electron chi connectivity index (χ1n) is 17.2. The monoisotopic (exact) mass is 720 g/mol. The lowest BCUT2D eigenvalue weighted by Gasteiger charge is -2.39. The van der Waals surface area contributed by atoms with Crippen molar-refractivity contribution in [1.29, 1.82) is 0 Å². The van der Waals surface area contributed by atoms with Gasteiger partial charge in [0.2, 0.25) is 25.4 Å². The van der Waals surface area contributed by atoms with Crippen molar-refractivity contribution in [2.45, 2.75) is 10.8 Å². The third kappa shape index (κ3) is 3.88. The molecule has 3 heterocycles. The Morgan fingerprint density at radius 3 is 1.59 bits per heavy atom. The van der Waals surface area contributed by atoms with Crippen molar-refractivity contribution >= 4 is 40.1 Å². The van der Waals surface area contributed by atoms with Crippen LogP contribution in [0.3, 0.4) is 0 Å². The van der Waals surface area contributed by atoms with Crippen LogP contribution < -0.4 is 28.6 Å². The summed E-state index contributed by atoms with van der Waals surface area (Å²) in [6.45, 7) is 0.0422. The van der Waals surface area contributed by atoms with E-state index in [1.807, 2.05) is 84.9 Å². The molecular formula is C42H28N2O10. The van der Waals surface area contributed by atoms with Crippen molar-refractivity contribution in [3.8, 4) is 28.7 Å². The minimum Gasteiger partial charge on any atom is -0.494 e. The van der Waals surface area contributed by atoms with Crippen LogP contribution in [-0.2, 0) is 25.2 Å². The summed E-state index contributed by atoms with van der Waals surface area (Å²) in [4.78, 5) is 59.2. The number of hydrogen-bond donors (Lipinski definition) is 0. The van der Waals surface area contributed by atoms with Crippen LogP contribution in [0.5, 0.6) is 28.7 Å². The van der Waals surface area contributed by atoms with Crippen LogP contribution >= 0.6 is 0 Å². The zero-order valence-corrected chi connectivity index (χ0v) is 28.5. The number of nitro groups is 1. The molecule has 0 spiro atoms. The maximum Gasteiger partial charge on any atom is 0.273 e. The maximum absolute atomic E-state index is 16.3. The molecule has 5 aliphatic rings. The Balaban J connectivity index is 1.34. The summed E-state index contributed by atoms with van der Waals surface area (Å²) in [5.41, 5.74) is -0.301. The van der Waals surface area contributed by atoms with Gasteiger partial charge in [0.15, 0.2) is 28.8 Å². The highest BCUT2D eigenvalue weighted by molar-refractivity contribution is 6.39. The molecule has 5 aromatic rings. The van der Waals surface area contributed by atoms with E-state index in [0.29, 0.717) is 56.4 Å². The zero-order chi connectivity index (χ0) is 36.9. The third-order valence-electron chi connectivity index (χ3n) is 11.4. The molecule has 2 aliphatic carbocycles. The molecule has 54 heavy (non-hydrogen) atoms. The molecule has 2 bridgehead atoms. The molecule has 2 fully saturated rings. The molecule has 10 rings (SSSR count). The summed E-state index contributed by atoms with van der Waals surface area (Å²) in [6, 6.07) is 32.8. The van der Waals surface area contributed by atoms with Gasteiger partial charge in [0.25, 0.3) is 5.69 Å². The number of nitro benzene ring substituents is 1. The molecule has 0 N–H and O–H groups in total. The Kier molecular flexibility index (Phi) is 6.63. The van der Waals surface area contributed by atoms with Gasteiger partial charge in [-0.3, -0.25) is 24.5 Å². The zero-order valence-electron chi connectivity index (χ0n) is 28.5. The van der Waals surface area contributed by atoms with Crippen LogP contribution in [0.2, 0.25) is 0 Å². The largest absolute Gasteiger partial charge is 0.494 e. The van der Waals surface area contributed by atoms with Crippen molar-refractivity contribution in [2.75, 3.05) is 25.6 Å². The standard InChI is InChI=1S/C42H28N2O10/c1-50-31-20-27(44(48)49)14-15-28(31)43-38(45)36-37(39(43)46)42(26-10-6-3-7-11-26)35(24-13-17-30-33(19-24)54-22-52-30)34(23-12-16-29-32(18-23)53-21-51-29)41(36,40(42)47)25-8-4-2-5-9-25/h2-20,36-37H,21-22H2,1H3/t36-,37+,41-,42-/m0/s1. The molecule has 1 saturated carbocycles. The van der Waals surface area contributed by atoms with Gasteiger partial charge in [0.1, 0.15) is 5.75 Å². The number of hydrogen-bond acceptors (Lipinski definition) is 10. The number of ketones is 1. The average Bonchev–Trinajstić information content (AvgIpc) is 4.01. The van der Waals surface area contributed by atoms with Crippen LogP contribution in [0.25, 0.3) is 11.1 Å². The van der Waals surface area contributed by atoms with Gasteiger partial charge in [-0.1, -0.05) is 72.8 Å². The topological polar surface area (TPSA) is 144 Å². The van der Waals surface area contributed by atoms with Gasteiger partial charge in [0, 0.05) is 6.07 Å². The lowest BCUT2D eigenvalue weighted by molar-refractivity contribution is -0.384. The number of anilines is 1. The molecule has 3 aliphatic heterocycles. The second kappa shape index (κ2) is 11.3. The van der Waals surface area contributed by atoms with E-state index in [1.165, 1.54) is 25.3 Å².